The number of nitrogens with one attached hydrogen (secondary N) is 3. The van der Waals surface area contributed by atoms with Gasteiger partial charge in [-0.3, -0.25) is 9.59 Å². The van der Waals surface area contributed by atoms with Gasteiger partial charge in [0.15, 0.2) is 0 Å². The summed E-state index contributed by atoms with van der Waals surface area (Å²) in [5, 5.41) is 8.47. The van der Waals surface area contributed by atoms with E-state index in [4.69, 9.17) is 0 Å². The van der Waals surface area contributed by atoms with Gasteiger partial charge in [-0.05, 0) is 31.7 Å². The van der Waals surface area contributed by atoms with Crippen molar-refractivity contribution in [3.8, 4) is 0 Å². The molecule has 0 saturated heterocycles. The molecular formula is C13H20ClN3O2. The van der Waals surface area contributed by atoms with Gasteiger partial charge in [-0.1, -0.05) is 6.07 Å². The average Bonchev–Trinajstić information content (AvgIpc) is 2.31. The highest BCUT2D eigenvalue weighted by atomic mass is 35.5. The Bertz CT molecular complexity index is 450. The van der Waals surface area contributed by atoms with Crippen LogP contribution in [0.4, 0.5) is 11.4 Å². The van der Waals surface area contributed by atoms with Gasteiger partial charge in [-0.25, -0.2) is 0 Å². The molecule has 19 heavy (non-hydrogen) atoms. The molecule has 0 aliphatic carbocycles. The first-order chi connectivity index (χ1) is 8.54. The van der Waals surface area contributed by atoms with E-state index in [1.165, 1.54) is 6.92 Å². The molecule has 0 fully saturated rings. The van der Waals surface area contributed by atoms with Crippen LogP contribution in [0.15, 0.2) is 18.2 Å². The topological polar surface area (TPSA) is 70.2 Å². The fraction of sp³-hybridized carbons (Fsp3) is 0.385. The van der Waals surface area contributed by atoms with E-state index in [-0.39, 0.29) is 24.2 Å². The predicted octanol–water partition coefficient (Wildman–Crippen LogP) is 1.92. The fourth-order valence-electron chi connectivity index (χ4n) is 1.55. The van der Waals surface area contributed by atoms with E-state index in [9.17, 15) is 9.59 Å². The van der Waals surface area contributed by atoms with Crippen molar-refractivity contribution in [3.05, 3.63) is 23.8 Å². The predicted molar refractivity (Wildman–Crippen MR) is 79.9 cm³/mol. The smallest absolute Gasteiger partial charge is 0.225 e. The summed E-state index contributed by atoms with van der Waals surface area (Å²) >= 11 is 0. The van der Waals surface area contributed by atoms with Gasteiger partial charge >= 0.3 is 0 Å². The van der Waals surface area contributed by atoms with Crippen LogP contribution in [-0.2, 0) is 9.59 Å². The third-order valence-corrected chi connectivity index (χ3v) is 2.52. The number of hydrogen-bond donors (Lipinski definition) is 3. The van der Waals surface area contributed by atoms with Crippen LogP contribution in [0.25, 0.3) is 0 Å². The minimum absolute atomic E-state index is 0. The Labute approximate surface area is 119 Å². The zero-order valence-corrected chi connectivity index (χ0v) is 12.2. The van der Waals surface area contributed by atoms with E-state index in [1.807, 2.05) is 13.0 Å². The highest BCUT2D eigenvalue weighted by Crippen LogP contribution is 2.23. The molecule has 0 saturated carbocycles. The molecule has 106 valence electrons. The van der Waals surface area contributed by atoms with Crippen molar-refractivity contribution < 1.29 is 9.59 Å². The van der Waals surface area contributed by atoms with Crippen molar-refractivity contribution in [1.82, 2.24) is 5.32 Å². The molecule has 0 aromatic heterocycles. The Hall–Kier alpha value is -1.59. The average molecular weight is 286 g/mol. The second kappa shape index (κ2) is 8.50. The molecule has 3 N–H and O–H groups in total. The van der Waals surface area contributed by atoms with Crippen LogP contribution in [0.5, 0.6) is 0 Å². The van der Waals surface area contributed by atoms with Gasteiger partial charge in [0.1, 0.15) is 0 Å². The molecule has 0 radical (unpaired) electrons. The van der Waals surface area contributed by atoms with E-state index in [0.29, 0.717) is 18.7 Å². The lowest BCUT2D eigenvalue weighted by atomic mass is 10.1. The molecule has 0 unspecified atom stereocenters. The number of hydrogen-bond acceptors (Lipinski definition) is 3. The number of benzene rings is 1. The SMILES string of the molecule is CNCCC(=O)Nc1cccc(NC(C)=O)c1C.Cl. The maximum Gasteiger partial charge on any atom is 0.225 e. The van der Waals surface area contributed by atoms with E-state index < -0.39 is 0 Å². The van der Waals surface area contributed by atoms with Crippen LogP contribution in [0.1, 0.15) is 18.9 Å². The molecule has 0 spiro atoms. The molecule has 0 bridgehead atoms. The van der Waals surface area contributed by atoms with Gasteiger partial charge in [0.2, 0.25) is 11.8 Å². The molecule has 0 aliphatic heterocycles. The normalized spacial score (nSPS) is 9.42. The first kappa shape index (κ1) is 17.4. The zero-order valence-electron chi connectivity index (χ0n) is 11.4. The van der Waals surface area contributed by atoms with Crippen molar-refractivity contribution in [2.24, 2.45) is 0 Å². The molecule has 6 heteroatoms. The number of halogens is 1. The molecular weight excluding hydrogens is 266 g/mol. The van der Waals surface area contributed by atoms with Crippen LogP contribution in [0, 0.1) is 6.92 Å². The number of anilines is 2. The lowest BCUT2D eigenvalue weighted by Gasteiger charge is -2.12. The summed E-state index contributed by atoms with van der Waals surface area (Å²) in [6, 6.07) is 5.42. The Morgan fingerprint density at radius 1 is 1.16 bits per heavy atom. The molecule has 5 nitrogen and oxygen atoms in total. The molecule has 2 amide bonds. The van der Waals surface area contributed by atoms with Crippen molar-refractivity contribution >= 4 is 35.6 Å². The van der Waals surface area contributed by atoms with Crippen molar-refractivity contribution in [1.29, 1.82) is 0 Å². The summed E-state index contributed by atoms with van der Waals surface area (Å²) in [5.74, 6) is -0.177. The minimum atomic E-state index is -0.128. The second-order valence-electron chi connectivity index (χ2n) is 4.06. The summed E-state index contributed by atoms with van der Waals surface area (Å²) < 4.78 is 0. The van der Waals surface area contributed by atoms with Crippen molar-refractivity contribution in [2.75, 3.05) is 24.2 Å². The lowest BCUT2D eigenvalue weighted by molar-refractivity contribution is -0.116. The van der Waals surface area contributed by atoms with E-state index in [2.05, 4.69) is 16.0 Å². The molecule has 1 rings (SSSR count). The van der Waals surface area contributed by atoms with Gasteiger partial charge in [0.05, 0.1) is 0 Å². The Balaban J connectivity index is 0.00000324. The standard InChI is InChI=1S/C13H19N3O2.ClH/c1-9-11(15-10(2)17)5-4-6-12(9)16-13(18)7-8-14-3;/h4-6,14H,7-8H2,1-3H3,(H,15,17)(H,16,18);1H. The first-order valence-corrected chi connectivity index (χ1v) is 5.86. The van der Waals surface area contributed by atoms with Gasteiger partial charge < -0.3 is 16.0 Å². The third-order valence-electron chi connectivity index (χ3n) is 2.52. The van der Waals surface area contributed by atoms with Crippen molar-refractivity contribution in [3.63, 3.8) is 0 Å². The second-order valence-corrected chi connectivity index (χ2v) is 4.06. The number of carbonyl (C=O) groups excluding carboxylic acids is 2. The van der Waals surface area contributed by atoms with Gasteiger partial charge in [-0.2, -0.15) is 0 Å². The summed E-state index contributed by atoms with van der Waals surface area (Å²) in [7, 11) is 1.80. The Morgan fingerprint density at radius 2 is 1.74 bits per heavy atom. The van der Waals surface area contributed by atoms with Crippen LogP contribution in [0.2, 0.25) is 0 Å². The summed E-state index contributed by atoms with van der Waals surface area (Å²) in [6.07, 6.45) is 0.417. The van der Waals surface area contributed by atoms with Crippen LogP contribution >= 0.6 is 12.4 Å². The maximum atomic E-state index is 11.6. The van der Waals surface area contributed by atoms with Gasteiger partial charge in [-0.15, -0.1) is 12.4 Å². The number of rotatable bonds is 5. The van der Waals surface area contributed by atoms with Crippen LogP contribution in [-0.4, -0.2) is 25.4 Å². The van der Waals surface area contributed by atoms with Crippen LogP contribution < -0.4 is 16.0 Å². The zero-order chi connectivity index (χ0) is 13.5. The van der Waals surface area contributed by atoms with E-state index in [1.54, 1.807) is 19.2 Å². The highest BCUT2D eigenvalue weighted by molar-refractivity contribution is 5.95. The van der Waals surface area contributed by atoms with E-state index in [0.717, 1.165) is 11.3 Å². The minimum Gasteiger partial charge on any atom is -0.326 e. The molecule has 0 aliphatic rings. The van der Waals surface area contributed by atoms with Gasteiger partial charge in [0.25, 0.3) is 0 Å². The number of amides is 2. The molecule has 0 heterocycles. The quantitative estimate of drug-likeness (QED) is 0.774. The van der Waals surface area contributed by atoms with Crippen LogP contribution in [0.3, 0.4) is 0 Å². The van der Waals surface area contributed by atoms with Gasteiger partial charge in [0, 0.05) is 31.3 Å². The largest absolute Gasteiger partial charge is 0.326 e. The number of carbonyl (C=O) groups is 2. The summed E-state index contributed by atoms with van der Waals surface area (Å²) in [4.78, 5) is 22.7. The van der Waals surface area contributed by atoms with Crippen molar-refractivity contribution in [2.45, 2.75) is 20.3 Å². The maximum absolute atomic E-state index is 11.6. The monoisotopic (exact) mass is 285 g/mol. The first-order valence-electron chi connectivity index (χ1n) is 5.86. The summed E-state index contributed by atoms with van der Waals surface area (Å²) in [5.41, 5.74) is 2.29. The molecule has 0 atom stereocenters. The lowest BCUT2D eigenvalue weighted by Crippen LogP contribution is -2.19. The Kier molecular flexibility index (Phi) is 7.79. The molecule has 1 aromatic rings. The molecule has 1 aromatic carbocycles. The Morgan fingerprint density at radius 3 is 2.26 bits per heavy atom. The third kappa shape index (κ3) is 5.72. The highest BCUT2D eigenvalue weighted by Gasteiger charge is 2.07. The summed E-state index contributed by atoms with van der Waals surface area (Å²) in [6.45, 7) is 3.95. The fourth-order valence-corrected chi connectivity index (χ4v) is 1.55. The van der Waals surface area contributed by atoms with E-state index >= 15 is 0 Å².